The topological polar surface area (TPSA) is 79.4 Å². The van der Waals surface area contributed by atoms with Crippen LogP contribution in [0.5, 0.6) is 0 Å². The number of hydrogen-bond acceptors (Lipinski definition) is 6. The van der Waals surface area contributed by atoms with Gasteiger partial charge in [0.25, 0.3) is 5.91 Å². The van der Waals surface area contributed by atoms with Gasteiger partial charge in [0, 0.05) is 24.2 Å². The number of thioether (sulfide) groups is 1. The number of rotatable bonds is 6. The molecule has 0 unspecified atom stereocenters. The molecule has 4 rings (SSSR count). The second-order valence-electron chi connectivity index (χ2n) is 7.17. The van der Waals surface area contributed by atoms with Crippen molar-refractivity contribution in [3.63, 3.8) is 0 Å². The van der Waals surface area contributed by atoms with Gasteiger partial charge in [0.05, 0.1) is 4.90 Å². The van der Waals surface area contributed by atoms with Crippen LogP contribution in [0, 0.1) is 0 Å². The zero-order chi connectivity index (χ0) is 21.8. The molecule has 2 heterocycles. The molecule has 0 saturated carbocycles. The van der Waals surface area contributed by atoms with E-state index in [0.29, 0.717) is 23.7 Å². The Morgan fingerprint density at radius 2 is 1.71 bits per heavy atom. The predicted octanol–water partition coefficient (Wildman–Crippen LogP) is 4.96. The van der Waals surface area contributed by atoms with Crippen LogP contribution in [0.25, 0.3) is 11.3 Å². The van der Waals surface area contributed by atoms with E-state index in [1.165, 1.54) is 39.5 Å². The lowest BCUT2D eigenvalue weighted by molar-refractivity contribution is 0.102. The summed E-state index contributed by atoms with van der Waals surface area (Å²) < 4.78 is 28.0. The van der Waals surface area contributed by atoms with Gasteiger partial charge in [0.1, 0.15) is 10.7 Å². The van der Waals surface area contributed by atoms with Crippen LogP contribution >= 0.6 is 23.1 Å². The lowest BCUT2D eigenvalue weighted by Gasteiger charge is -2.25. The average molecular weight is 474 g/mol. The Labute approximate surface area is 190 Å². The van der Waals surface area contributed by atoms with E-state index in [0.717, 1.165) is 34.9 Å². The van der Waals surface area contributed by atoms with Crippen LogP contribution in [-0.4, -0.2) is 43.0 Å². The molecule has 0 radical (unpaired) electrons. The maximum absolute atomic E-state index is 12.9. The van der Waals surface area contributed by atoms with Crippen LogP contribution in [-0.2, 0) is 10.0 Å². The molecule has 0 spiro atoms. The molecule has 0 aliphatic carbocycles. The third-order valence-electron chi connectivity index (χ3n) is 5.13. The van der Waals surface area contributed by atoms with Crippen molar-refractivity contribution in [2.24, 2.45) is 0 Å². The summed E-state index contributed by atoms with van der Waals surface area (Å²) in [4.78, 5) is 17.7. The highest BCUT2D eigenvalue weighted by molar-refractivity contribution is 8.00. The quantitative estimate of drug-likeness (QED) is 0.512. The minimum Gasteiger partial charge on any atom is -0.312 e. The van der Waals surface area contributed by atoms with Crippen LogP contribution < -0.4 is 5.32 Å². The molecule has 31 heavy (non-hydrogen) atoms. The number of benzene rings is 2. The van der Waals surface area contributed by atoms with Gasteiger partial charge in [-0.1, -0.05) is 59.9 Å². The van der Waals surface area contributed by atoms with Crippen molar-refractivity contribution in [1.29, 1.82) is 0 Å². The molecule has 0 atom stereocenters. The number of hydrogen-bond donors (Lipinski definition) is 1. The van der Waals surface area contributed by atoms with Crippen LogP contribution in [0.3, 0.4) is 0 Å². The standard InChI is InChI=1S/C22H23N3O3S3/c1-29-22-23-19(16-8-4-2-5-9-16)21(30-22)24-20(26)17-10-12-18(13-11-17)31(27,28)25-14-6-3-7-15-25/h2,4-5,8-13H,3,6-7,14-15H2,1H3,(H,24,26). The fourth-order valence-corrected chi connectivity index (χ4v) is 6.47. The van der Waals surface area contributed by atoms with Gasteiger partial charge in [0.2, 0.25) is 10.0 Å². The van der Waals surface area contributed by atoms with E-state index in [9.17, 15) is 13.2 Å². The zero-order valence-electron chi connectivity index (χ0n) is 17.1. The highest BCUT2D eigenvalue weighted by Gasteiger charge is 2.26. The normalized spacial score (nSPS) is 15.0. The summed E-state index contributed by atoms with van der Waals surface area (Å²) in [6, 6.07) is 15.8. The first-order valence-corrected chi connectivity index (χ1v) is 13.5. The SMILES string of the molecule is CSc1nc(-c2ccccc2)c(NC(=O)c2ccc(S(=O)(=O)N3CCCCC3)cc2)s1. The summed E-state index contributed by atoms with van der Waals surface area (Å²) in [6.07, 6.45) is 4.78. The van der Waals surface area contributed by atoms with Gasteiger partial charge >= 0.3 is 0 Å². The van der Waals surface area contributed by atoms with Crippen LogP contribution in [0.15, 0.2) is 63.8 Å². The van der Waals surface area contributed by atoms with E-state index in [-0.39, 0.29) is 10.8 Å². The first-order valence-electron chi connectivity index (χ1n) is 10.0. The average Bonchev–Trinajstić information content (AvgIpc) is 3.23. The smallest absolute Gasteiger partial charge is 0.256 e. The van der Waals surface area contributed by atoms with Gasteiger partial charge < -0.3 is 5.32 Å². The van der Waals surface area contributed by atoms with Crippen molar-refractivity contribution in [3.8, 4) is 11.3 Å². The van der Waals surface area contributed by atoms with Gasteiger partial charge in [-0.05, 0) is 43.4 Å². The summed E-state index contributed by atoms with van der Waals surface area (Å²) in [5.74, 6) is -0.296. The zero-order valence-corrected chi connectivity index (χ0v) is 19.5. The number of carbonyl (C=O) groups excluding carboxylic acids is 1. The third-order valence-corrected chi connectivity index (χ3v) is 8.99. The Morgan fingerprint density at radius 1 is 1.03 bits per heavy atom. The molecular formula is C22H23N3O3S3. The Balaban J connectivity index is 1.54. The van der Waals surface area contributed by atoms with Gasteiger partial charge in [0.15, 0.2) is 4.34 Å². The van der Waals surface area contributed by atoms with Gasteiger partial charge in [-0.3, -0.25) is 4.79 Å². The van der Waals surface area contributed by atoms with Crippen LogP contribution in [0.2, 0.25) is 0 Å². The van der Waals surface area contributed by atoms with Crippen molar-refractivity contribution < 1.29 is 13.2 Å². The highest BCUT2D eigenvalue weighted by atomic mass is 32.2. The van der Waals surface area contributed by atoms with E-state index in [1.807, 2.05) is 36.6 Å². The molecule has 9 heteroatoms. The molecule has 1 aliphatic rings. The molecule has 1 saturated heterocycles. The van der Waals surface area contributed by atoms with Gasteiger partial charge in [-0.25, -0.2) is 13.4 Å². The number of carbonyl (C=O) groups is 1. The van der Waals surface area contributed by atoms with Crippen molar-refractivity contribution >= 4 is 44.0 Å². The van der Waals surface area contributed by atoms with E-state index in [1.54, 1.807) is 12.1 Å². The van der Waals surface area contributed by atoms with Crippen molar-refractivity contribution in [2.75, 3.05) is 24.7 Å². The maximum atomic E-state index is 12.9. The summed E-state index contributed by atoms with van der Waals surface area (Å²) in [6.45, 7) is 1.10. The Morgan fingerprint density at radius 3 is 2.35 bits per heavy atom. The Hall–Kier alpha value is -2.20. The first kappa shape index (κ1) is 22.0. The minimum absolute atomic E-state index is 0.221. The van der Waals surface area contributed by atoms with Crippen LogP contribution in [0.4, 0.5) is 5.00 Å². The fraction of sp³-hybridized carbons (Fsp3) is 0.273. The van der Waals surface area contributed by atoms with Crippen molar-refractivity contribution in [3.05, 3.63) is 60.2 Å². The second kappa shape index (κ2) is 9.52. The van der Waals surface area contributed by atoms with Gasteiger partial charge in [-0.2, -0.15) is 4.31 Å². The van der Waals surface area contributed by atoms with Crippen molar-refractivity contribution in [1.82, 2.24) is 9.29 Å². The van der Waals surface area contributed by atoms with Gasteiger partial charge in [-0.15, -0.1) is 0 Å². The number of amides is 1. The molecule has 2 aromatic carbocycles. The number of piperidine rings is 1. The summed E-state index contributed by atoms with van der Waals surface area (Å²) >= 11 is 2.95. The fourth-order valence-electron chi connectivity index (χ4n) is 3.47. The second-order valence-corrected chi connectivity index (χ2v) is 11.2. The van der Waals surface area contributed by atoms with E-state index >= 15 is 0 Å². The van der Waals surface area contributed by atoms with Crippen molar-refractivity contribution in [2.45, 2.75) is 28.5 Å². The molecular weight excluding hydrogens is 450 g/mol. The lowest BCUT2D eigenvalue weighted by atomic mass is 10.1. The maximum Gasteiger partial charge on any atom is 0.256 e. The summed E-state index contributed by atoms with van der Waals surface area (Å²) in [7, 11) is -3.52. The Kier molecular flexibility index (Phi) is 6.76. The molecule has 3 aromatic rings. The number of anilines is 1. The molecule has 162 valence electrons. The monoisotopic (exact) mass is 473 g/mol. The lowest BCUT2D eigenvalue weighted by Crippen LogP contribution is -2.35. The number of nitrogens with one attached hydrogen (secondary N) is 1. The summed E-state index contributed by atoms with van der Waals surface area (Å²) in [5, 5.41) is 3.62. The Bertz CT molecular complexity index is 1150. The molecule has 6 nitrogen and oxygen atoms in total. The van der Waals surface area contributed by atoms with E-state index in [4.69, 9.17) is 0 Å². The molecule has 1 N–H and O–H groups in total. The number of sulfonamides is 1. The molecule has 0 bridgehead atoms. The number of nitrogens with zero attached hydrogens (tertiary/aromatic N) is 2. The molecule has 1 fully saturated rings. The minimum atomic E-state index is -3.52. The van der Waals surface area contributed by atoms with E-state index < -0.39 is 10.0 Å². The predicted molar refractivity (Wildman–Crippen MR) is 126 cm³/mol. The highest BCUT2D eigenvalue weighted by Crippen LogP contribution is 2.37. The molecule has 1 aromatic heterocycles. The largest absolute Gasteiger partial charge is 0.312 e. The summed E-state index contributed by atoms with van der Waals surface area (Å²) in [5.41, 5.74) is 2.06. The number of thiazole rings is 1. The molecule has 1 amide bonds. The number of aromatic nitrogens is 1. The first-order chi connectivity index (χ1) is 15.0. The third kappa shape index (κ3) is 4.85. The molecule has 1 aliphatic heterocycles. The van der Waals surface area contributed by atoms with E-state index in [2.05, 4.69) is 10.3 Å². The van der Waals surface area contributed by atoms with Crippen LogP contribution in [0.1, 0.15) is 29.6 Å².